The second-order valence-corrected chi connectivity index (χ2v) is 4.82. The topological polar surface area (TPSA) is 64.3 Å². The minimum atomic E-state index is -2.96. The van der Waals surface area contributed by atoms with Crippen LogP contribution in [-0.2, 0) is 10.3 Å². The van der Waals surface area contributed by atoms with Gasteiger partial charge in [-0.2, -0.15) is 8.78 Å². The van der Waals surface area contributed by atoms with E-state index in [-0.39, 0.29) is 11.8 Å². The van der Waals surface area contributed by atoms with Crippen molar-refractivity contribution in [1.82, 2.24) is 5.32 Å². The van der Waals surface area contributed by atoms with Crippen LogP contribution < -0.4 is 15.8 Å². The Bertz CT molecular complexity index is 468. The van der Waals surface area contributed by atoms with Crippen LogP contribution >= 0.6 is 0 Å². The normalized spacial score (nSPS) is 15.7. The molecule has 6 heteroatoms. The summed E-state index contributed by atoms with van der Waals surface area (Å²) in [6.07, 6.45) is 0.765. The summed E-state index contributed by atoms with van der Waals surface area (Å²) in [6, 6.07) is 6.14. The van der Waals surface area contributed by atoms with Gasteiger partial charge < -0.3 is 10.5 Å². The van der Waals surface area contributed by atoms with Crippen molar-refractivity contribution in [1.29, 1.82) is 0 Å². The molecule has 2 unspecified atom stereocenters. The molecule has 0 fully saturated rings. The number of rotatable bonds is 7. The highest BCUT2D eigenvalue weighted by Gasteiger charge is 2.37. The molecule has 0 saturated carbocycles. The van der Waals surface area contributed by atoms with Crippen molar-refractivity contribution in [3.05, 3.63) is 29.8 Å². The van der Waals surface area contributed by atoms with Crippen LogP contribution in [0, 0.1) is 0 Å². The van der Waals surface area contributed by atoms with Gasteiger partial charge in [0.15, 0.2) is 0 Å². The van der Waals surface area contributed by atoms with Gasteiger partial charge in [-0.05, 0) is 26.3 Å². The van der Waals surface area contributed by atoms with Crippen LogP contribution in [0.5, 0.6) is 5.75 Å². The number of alkyl halides is 2. The minimum absolute atomic E-state index is 0.00731. The van der Waals surface area contributed by atoms with Crippen LogP contribution in [0.2, 0.25) is 0 Å². The zero-order chi connectivity index (χ0) is 15.3. The molecule has 0 aliphatic heterocycles. The fraction of sp³-hybridized carbons (Fsp3) is 0.500. The average Bonchev–Trinajstić information content (AvgIpc) is 2.38. The average molecular weight is 286 g/mol. The van der Waals surface area contributed by atoms with Crippen LogP contribution in [0.4, 0.5) is 8.78 Å². The van der Waals surface area contributed by atoms with Gasteiger partial charge in [0.1, 0.15) is 11.3 Å². The van der Waals surface area contributed by atoms with Gasteiger partial charge in [0.25, 0.3) is 0 Å². The number of hydrogen-bond donors (Lipinski definition) is 2. The Morgan fingerprint density at radius 1 is 1.45 bits per heavy atom. The number of para-hydroxylation sites is 1. The molecule has 1 aromatic carbocycles. The molecule has 0 spiro atoms. The third kappa shape index (κ3) is 3.66. The van der Waals surface area contributed by atoms with Crippen molar-refractivity contribution in [2.45, 2.75) is 45.4 Å². The van der Waals surface area contributed by atoms with Crippen LogP contribution in [0.25, 0.3) is 0 Å². The summed E-state index contributed by atoms with van der Waals surface area (Å²) in [6.45, 7) is 2.44. The predicted octanol–water partition coefficient (Wildman–Crippen LogP) is 2.38. The van der Waals surface area contributed by atoms with E-state index in [1.54, 1.807) is 25.1 Å². The molecular weight excluding hydrogens is 266 g/mol. The number of ether oxygens (including phenoxy) is 1. The Balaban J connectivity index is 3.24. The highest BCUT2D eigenvalue weighted by molar-refractivity contribution is 5.86. The number of carbonyl (C=O) groups excluding carboxylic acids is 1. The molecule has 0 aromatic heterocycles. The van der Waals surface area contributed by atoms with E-state index in [0.717, 1.165) is 6.42 Å². The second kappa shape index (κ2) is 6.65. The van der Waals surface area contributed by atoms with Crippen molar-refractivity contribution < 1.29 is 18.3 Å². The lowest BCUT2D eigenvalue weighted by Crippen LogP contribution is -2.53. The maximum atomic E-state index is 12.5. The van der Waals surface area contributed by atoms with Crippen LogP contribution in [-0.4, -0.2) is 18.6 Å². The molecular formula is C14H20F2N2O2. The predicted molar refractivity (Wildman–Crippen MR) is 72.5 cm³/mol. The zero-order valence-corrected chi connectivity index (χ0v) is 11.8. The summed E-state index contributed by atoms with van der Waals surface area (Å²) >= 11 is 0. The highest BCUT2D eigenvalue weighted by Crippen LogP contribution is 2.31. The third-order valence-corrected chi connectivity index (χ3v) is 3.28. The van der Waals surface area contributed by atoms with Crippen molar-refractivity contribution in [2.75, 3.05) is 0 Å². The molecule has 0 saturated heterocycles. The van der Waals surface area contributed by atoms with E-state index in [4.69, 9.17) is 5.73 Å². The molecule has 1 amide bonds. The van der Waals surface area contributed by atoms with E-state index in [9.17, 15) is 13.6 Å². The van der Waals surface area contributed by atoms with Crippen molar-refractivity contribution in [3.63, 3.8) is 0 Å². The number of hydrogen-bond acceptors (Lipinski definition) is 3. The van der Waals surface area contributed by atoms with Crippen LogP contribution in [0.15, 0.2) is 24.3 Å². The van der Waals surface area contributed by atoms with E-state index < -0.39 is 18.1 Å². The number of halogens is 2. The lowest BCUT2D eigenvalue weighted by Gasteiger charge is -2.32. The fourth-order valence-corrected chi connectivity index (χ4v) is 1.95. The van der Waals surface area contributed by atoms with Gasteiger partial charge in [0.05, 0.1) is 0 Å². The molecule has 0 radical (unpaired) electrons. The quantitative estimate of drug-likeness (QED) is 0.809. The lowest BCUT2D eigenvalue weighted by atomic mass is 9.89. The lowest BCUT2D eigenvalue weighted by molar-refractivity contribution is -0.124. The molecule has 112 valence electrons. The Morgan fingerprint density at radius 3 is 2.55 bits per heavy atom. The van der Waals surface area contributed by atoms with Gasteiger partial charge in [-0.1, -0.05) is 25.1 Å². The maximum Gasteiger partial charge on any atom is 0.387 e. The highest BCUT2D eigenvalue weighted by atomic mass is 19.3. The molecule has 2 atom stereocenters. The molecule has 3 N–H and O–H groups in total. The van der Waals surface area contributed by atoms with E-state index >= 15 is 0 Å². The summed E-state index contributed by atoms with van der Waals surface area (Å²) in [7, 11) is 0. The van der Waals surface area contributed by atoms with E-state index in [0.29, 0.717) is 5.56 Å². The Kier molecular flexibility index (Phi) is 5.44. The summed E-state index contributed by atoms with van der Waals surface area (Å²) in [4.78, 5) is 11.8. The first-order chi connectivity index (χ1) is 9.31. The molecule has 0 aliphatic carbocycles. The summed E-state index contributed by atoms with van der Waals surface area (Å²) < 4.78 is 29.4. The molecule has 0 aliphatic rings. The standard InChI is InChI=1S/C14H20F2N2O2/c1-4-9(2)18-14(3,12(17)19)10-7-5-6-8-11(10)20-13(15)16/h5-9,13,18H,4H2,1-3H3,(H2,17,19). The van der Waals surface area contributed by atoms with Gasteiger partial charge in [-0.3, -0.25) is 10.1 Å². The molecule has 4 nitrogen and oxygen atoms in total. The number of nitrogens with two attached hydrogens (primary N) is 1. The smallest absolute Gasteiger partial charge is 0.387 e. The van der Waals surface area contributed by atoms with Crippen LogP contribution in [0.3, 0.4) is 0 Å². The Hall–Kier alpha value is -1.69. The second-order valence-electron chi connectivity index (χ2n) is 4.82. The first kappa shape index (κ1) is 16.4. The van der Waals surface area contributed by atoms with E-state index in [1.807, 2.05) is 13.8 Å². The van der Waals surface area contributed by atoms with E-state index in [2.05, 4.69) is 10.1 Å². The number of amides is 1. The fourth-order valence-electron chi connectivity index (χ4n) is 1.95. The van der Waals surface area contributed by atoms with E-state index in [1.165, 1.54) is 6.07 Å². The molecule has 0 bridgehead atoms. The van der Waals surface area contributed by atoms with Gasteiger partial charge in [-0.25, -0.2) is 0 Å². The SMILES string of the molecule is CCC(C)NC(C)(C(N)=O)c1ccccc1OC(F)F. The van der Waals surface area contributed by atoms with Gasteiger partial charge in [-0.15, -0.1) is 0 Å². The first-order valence-corrected chi connectivity index (χ1v) is 6.43. The van der Waals surface area contributed by atoms with Gasteiger partial charge in [0, 0.05) is 11.6 Å². The number of benzene rings is 1. The summed E-state index contributed by atoms with van der Waals surface area (Å²) in [5, 5.41) is 3.07. The zero-order valence-electron chi connectivity index (χ0n) is 11.8. The maximum absolute atomic E-state index is 12.5. The first-order valence-electron chi connectivity index (χ1n) is 6.43. The molecule has 1 aromatic rings. The Labute approximate surface area is 117 Å². The van der Waals surface area contributed by atoms with Crippen molar-refractivity contribution in [2.24, 2.45) is 5.73 Å². The van der Waals surface area contributed by atoms with Crippen LogP contribution in [0.1, 0.15) is 32.8 Å². The molecule has 20 heavy (non-hydrogen) atoms. The van der Waals surface area contributed by atoms with Crippen molar-refractivity contribution >= 4 is 5.91 Å². The molecule has 0 heterocycles. The summed E-state index contributed by atoms with van der Waals surface area (Å²) in [5.41, 5.74) is 4.48. The van der Waals surface area contributed by atoms with Gasteiger partial charge in [0.2, 0.25) is 5.91 Å². The largest absolute Gasteiger partial charge is 0.434 e. The third-order valence-electron chi connectivity index (χ3n) is 3.28. The number of carbonyl (C=O) groups is 1. The monoisotopic (exact) mass is 286 g/mol. The number of nitrogens with one attached hydrogen (secondary N) is 1. The number of primary amides is 1. The minimum Gasteiger partial charge on any atom is -0.434 e. The van der Waals surface area contributed by atoms with Gasteiger partial charge >= 0.3 is 6.61 Å². The summed E-state index contributed by atoms with van der Waals surface area (Å²) in [5.74, 6) is -0.706. The Morgan fingerprint density at radius 2 is 2.05 bits per heavy atom. The molecule has 1 rings (SSSR count). The van der Waals surface area contributed by atoms with Crippen molar-refractivity contribution in [3.8, 4) is 5.75 Å².